The van der Waals surface area contributed by atoms with Crippen molar-refractivity contribution in [3.8, 4) is 0 Å². The van der Waals surface area contributed by atoms with Crippen LogP contribution in [0.4, 0.5) is 0 Å². The summed E-state index contributed by atoms with van der Waals surface area (Å²) in [6.07, 6.45) is 1.61. The summed E-state index contributed by atoms with van der Waals surface area (Å²) in [4.78, 5) is 13.9. The molecule has 0 aliphatic rings. The molecule has 0 aliphatic heterocycles. The van der Waals surface area contributed by atoms with E-state index in [1.807, 2.05) is 19.1 Å². The van der Waals surface area contributed by atoms with Crippen LogP contribution in [-0.4, -0.2) is 21.1 Å². The minimum atomic E-state index is -0.307. The normalized spacial score (nSPS) is 11.2. The fourth-order valence-corrected chi connectivity index (χ4v) is 2.13. The molecule has 2 aromatic rings. The second-order valence-corrected chi connectivity index (χ2v) is 5.13. The smallest absolute Gasteiger partial charge is 0.265 e. The largest absolute Gasteiger partial charge is 0.296 e. The van der Waals surface area contributed by atoms with Crippen LogP contribution in [0.5, 0.6) is 0 Å². The van der Waals surface area contributed by atoms with E-state index in [9.17, 15) is 4.79 Å². The highest BCUT2D eigenvalue weighted by Gasteiger charge is 2.01. The van der Waals surface area contributed by atoms with Crippen molar-refractivity contribution in [3.63, 3.8) is 0 Å². The number of aromatic amines is 1. The van der Waals surface area contributed by atoms with E-state index in [-0.39, 0.29) is 10.3 Å². The molecule has 0 atom stereocenters. The van der Waals surface area contributed by atoms with Crippen LogP contribution in [0.3, 0.4) is 0 Å². The zero-order chi connectivity index (χ0) is 12.4. The average molecular weight is 266 g/mol. The Kier molecular flexibility index (Phi) is 3.30. The van der Waals surface area contributed by atoms with Crippen LogP contribution in [0.15, 0.2) is 22.0 Å². The van der Waals surface area contributed by atoms with Crippen molar-refractivity contribution in [1.29, 1.82) is 0 Å². The summed E-state index contributed by atoms with van der Waals surface area (Å²) >= 11 is 6.55. The van der Waals surface area contributed by atoms with E-state index in [0.29, 0.717) is 5.69 Å². The minimum Gasteiger partial charge on any atom is -0.265 e. The highest BCUT2D eigenvalue weighted by Crippen LogP contribution is 2.12. The van der Waals surface area contributed by atoms with E-state index in [1.165, 1.54) is 4.88 Å². The van der Waals surface area contributed by atoms with Gasteiger partial charge in [0.2, 0.25) is 4.77 Å². The van der Waals surface area contributed by atoms with Gasteiger partial charge in [-0.1, -0.05) is 0 Å². The molecule has 5 nitrogen and oxygen atoms in total. The zero-order valence-corrected chi connectivity index (χ0v) is 10.9. The fraction of sp³-hybridized carbons (Fsp3) is 0.200. The Balaban J connectivity index is 2.43. The molecule has 0 fully saturated rings. The van der Waals surface area contributed by atoms with Gasteiger partial charge in [0.1, 0.15) is 5.69 Å². The van der Waals surface area contributed by atoms with Crippen LogP contribution in [0, 0.1) is 18.6 Å². The first-order valence-corrected chi connectivity index (χ1v) is 6.09. The van der Waals surface area contributed by atoms with Gasteiger partial charge in [-0.3, -0.25) is 9.89 Å². The number of H-pyrrole nitrogens is 1. The predicted molar refractivity (Wildman–Crippen MR) is 70.5 cm³/mol. The Bertz CT molecular complexity index is 680. The van der Waals surface area contributed by atoms with Gasteiger partial charge in [-0.05, 0) is 38.2 Å². The second-order valence-electron chi connectivity index (χ2n) is 3.42. The highest BCUT2D eigenvalue weighted by molar-refractivity contribution is 7.71. The van der Waals surface area contributed by atoms with Crippen LogP contribution in [0.25, 0.3) is 0 Å². The number of rotatable bonds is 2. The zero-order valence-electron chi connectivity index (χ0n) is 9.30. The molecule has 0 spiro atoms. The lowest BCUT2D eigenvalue weighted by molar-refractivity contribution is 0.720. The Labute approximate surface area is 106 Å². The summed E-state index contributed by atoms with van der Waals surface area (Å²) in [5.41, 5.74) is 0.0244. The van der Waals surface area contributed by atoms with Gasteiger partial charge in [-0.25, -0.2) is 0 Å². The first-order valence-electron chi connectivity index (χ1n) is 4.87. The number of aryl methyl sites for hydroxylation is 2. The third-order valence-electron chi connectivity index (χ3n) is 2.08. The molecule has 2 rings (SSSR count). The van der Waals surface area contributed by atoms with Gasteiger partial charge in [0, 0.05) is 9.75 Å². The molecule has 0 aromatic carbocycles. The summed E-state index contributed by atoms with van der Waals surface area (Å²) in [5.74, 6) is 0. The average Bonchev–Trinajstić information content (AvgIpc) is 2.70. The number of nitrogens with one attached hydrogen (secondary N) is 1. The number of nitrogens with zero attached hydrogens (tertiary/aromatic N) is 3. The molecule has 2 aromatic heterocycles. The SMILES string of the molecule is Cc1ccc(/C=N\n2c(=S)[nH]nc(C)c2=O)s1. The quantitative estimate of drug-likeness (QED) is 0.666. The van der Waals surface area contributed by atoms with Gasteiger partial charge in [-0.15, -0.1) is 11.3 Å². The highest BCUT2D eigenvalue weighted by atomic mass is 32.1. The number of hydrogen-bond acceptors (Lipinski definition) is 5. The second kappa shape index (κ2) is 4.72. The Hall–Kier alpha value is -1.60. The van der Waals surface area contributed by atoms with Crippen molar-refractivity contribution in [2.45, 2.75) is 13.8 Å². The third kappa shape index (κ3) is 2.56. The Morgan fingerprint density at radius 3 is 2.94 bits per heavy atom. The molecule has 0 radical (unpaired) electrons. The molecular formula is C10H10N4OS2. The molecule has 0 saturated heterocycles. The lowest BCUT2D eigenvalue weighted by atomic mass is 10.4. The van der Waals surface area contributed by atoms with E-state index >= 15 is 0 Å². The summed E-state index contributed by atoms with van der Waals surface area (Å²) in [7, 11) is 0. The van der Waals surface area contributed by atoms with Gasteiger partial charge in [0.25, 0.3) is 5.56 Å². The lowest BCUT2D eigenvalue weighted by Crippen LogP contribution is -2.22. The van der Waals surface area contributed by atoms with Crippen molar-refractivity contribution in [1.82, 2.24) is 14.9 Å². The van der Waals surface area contributed by atoms with Gasteiger partial charge in [0.15, 0.2) is 0 Å². The summed E-state index contributed by atoms with van der Waals surface area (Å²) in [6.45, 7) is 3.62. The van der Waals surface area contributed by atoms with Crippen molar-refractivity contribution in [2.75, 3.05) is 0 Å². The van der Waals surface area contributed by atoms with Crippen molar-refractivity contribution >= 4 is 29.8 Å². The van der Waals surface area contributed by atoms with Gasteiger partial charge in [-0.2, -0.15) is 14.9 Å². The molecule has 7 heteroatoms. The van der Waals surface area contributed by atoms with Crippen LogP contribution < -0.4 is 5.56 Å². The van der Waals surface area contributed by atoms with Gasteiger partial charge < -0.3 is 0 Å². The molecular weight excluding hydrogens is 256 g/mol. The van der Waals surface area contributed by atoms with Crippen molar-refractivity contribution in [2.24, 2.45) is 5.10 Å². The monoisotopic (exact) mass is 266 g/mol. The minimum absolute atomic E-state index is 0.185. The first kappa shape index (κ1) is 11.9. The molecule has 17 heavy (non-hydrogen) atoms. The number of aromatic nitrogens is 3. The Morgan fingerprint density at radius 1 is 1.53 bits per heavy atom. The molecule has 88 valence electrons. The van der Waals surface area contributed by atoms with Crippen LogP contribution in [-0.2, 0) is 0 Å². The number of hydrogen-bond donors (Lipinski definition) is 1. The van der Waals surface area contributed by atoms with Crippen LogP contribution >= 0.6 is 23.6 Å². The molecule has 2 heterocycles. The van der Waals surface area contributed by atoms with Crippen molar-refractivity contribution in [3.05, 3.63) is 42.7 Å². The third-order valence-corrected chi connectivity index (χ3v) is 3.27. The van der Waals surface area contributed by atoms with E-state index < -0.39 is 0 Å². The van der Waals surface area contributed by atoms with E-state index in [2.05, 4.69) is 15.3 Å². The van der Waals surface area contributed by atoms with Gasteiger partial charge in [0.05, 0.1) is 6.21 Å². The van der Waals surface area contributed by atoms with E-state index in [4.69, 9.17) is 12.2 Å². The fourth-order valence-electron chi connectivity index (χ4n) is 1.21. The molecule has 0 unspecified atom stereocenters. The van der Waals surface area contributed by atoms with Crippen molar-refractivity contribution < 1.29 is 0 Å². The van der Waals surface area contributed by atoms with Crippen LogP contribution in [0.1, 0.15) is 15.4 Å². The molecule has 0 bridgehead atoms. The maximum atomic E-state index is 11.7. The predicted octanol–water partition coefficient (Wildman–Crippen LogP) is 1.86. The standard InChI is InChI=1S/C10H10N4OS2/c1-6-3-4-8(17-6)5-11-14-9(15)7(2)12-13-10(14)16/h3-5H,1-2H3,(H,13,16)/b11-5-. The van der Waals surface area contributed by atoms with E-state index in [0.717, 1.165) is 9.55 Å². The molecule has 0 aliphatic carbocycles. The summed E-state index contributed by atoms with van der Waals surface area (Å²) < 4.78 is 1.32. The number of thiophene rings is 1. The lowest BCUT2D eigenvalue weighted by Gasteiger charge is -1.97. The molecule has 0 amide bonds. The van der Waals surface area contributed by atoms with Gasteiger partial charge >= 0.3 is 0 Å². The van der Waals surface area contributed by atoms with E-state index in [1.54, 1.807) is 24.5 Å². The topological polar surface area (TPSA) is 63.0 Å². The van der Waals surface area contributed by atoms with Crippen LogP contribution in [0.2, 0.25) is 0 Å². The summed E-state index contributed by atoms with van der Waals surface area (Å²) in [6, 6.07) is 3.93. The first-order chi connectivity index (χ1) is 8.08. The maximum Gasteiger partial charge on any atom is 0.296 e. The Morgan fingerprint density at radius 2 is 2.29 bits per heavy atom. The maximum absolute atomic E-state index is 11.7. The molecule has 1 N–H and O–H groups in total. The summed E-state index contributed by atoms with van der Waals surface area (Å²) in [5, 5.41) is 10.4. The molecule has 0 saturated carbocycles.